The standard InChI is InChI=1S/C12H12F2O/c1-7(2)6-10(15)9-5-4-8(3)11(13)12(9)14/h4-6H,1-3H3. The Hall–Kier alpha value is -1.51. The average molecular weight is 210 g/mol. The van der Waals surface area contributed by atoms with Crippen molar-refractivity contribution in [1.82, 2.24) is 0 Å². The molecule has 1 rings (SSSR count). The lowest BCUT2D eigenvalue weighted by Crippen LogP contribution is -2.03. The van der Waals surface area contributed by atoms with Crippen molar-refractivity contribution in [3.8, 4) is 0 Å². The minimum Gasteiger partial charge on any atom is -0.289 e. The van der Waals surface area contributed by atoms with E-state index < -0.39 is 17.4 Å². The minimum atomic E-state index is -1.07. The van der Waals surface area contributed by atoms with Crippen LogP contribution in [0.4, 0.5) is 8.78 Å². The minimum absolute atomic E-state index is 0.196. The number of hydrogen-bond donors (Lipinski definition) is 0. The summed E-state index contributed by atoms with van der Waals surface area (Å²) in [5, 5.41) is 0. The van der Waals surface area contributed by atoms with Crippen LogP contribution in [0.25, 0.3) is 0 Å². The van der Waals surface area contributed by atoms with E-state index in [0.717, 1.165) is 5.57 Å². The number of ketones is 1. The third-order valence-electron chi connectivity index (χ3n) is 1.96. The van der Waals surface area contributed by atoms with Crippen LogP contribution in [-0.2, 0) is 0 Å². The Labute approximate surface area is 87.4 Å². The van der Waals surface area contributed by atoms with Gasteiger partial charge >= 0.3 is 0 Å². The molecule has 0 aliphatic rings. The number of halogens is 2. The normalized spacial score (nSPS) is 9.93. The predicted molar refractivity (Wildman–Crippen MR) is 54.9 cm³/mol. The van der Waals surface area contributed by atoms with Crippen LogP contribution >= 0.6 is 0 Å². The lowest BCUT2D eigenvalue weighted by molar-refractivity contribution is 0.104. The molecule has 0 aliphatic heterocycles. The zero-order valence-corrected chi connectivity index (χ0v) is 8.90. The molecule has 0 radical (unpaired) electrons. The largest absolute Gasteiger partial charge is 0.289 e. The van der Waals surface area contributed by atoms with Crippen LogP contribution in [0.15, 0.2) is 23.8 Å². The number of hydrogen-bond acceptors (Lipinski definition) is 1. The van der Waals surface area contributed by atoms with Gasteiger partial charge in [0.05, 0.1) is 5.56 Å². The van der Waals surface area contributed by atoms with E-state index in [1.165, 1.54) is 25.1 Å². The zero-order chi connectivity index (χ0) is 11.6. The van der Waals surface area contributed by atoms with E-state index in [0.29, 0.717) is 0 Å². The van der Waals surface area contributed by atoms with Gasteiger partial charge in [0.25, 0.3) is 0 Å². The maximum atomic E-state index is 13.3. The van der Waals surface area contributed by atoms with Gasteiger partial charge in [-0.05, 0) is 38.5 Å². The van der Waals surface area contributed by atoms with Crippen molar-refractivity contribution in [3.63, 3.8) is 0 Å². The molecule has 0 atom stereocenters. The monoisotopic (exact) mass is 210 g/mol. The van der Waals surface area contributed by atoms with Crippen molar-refractivity contribution in [2.75, 3.05) is 0 Å². The summed E-state index contributed by atoms with van der Waals surface area (Å²) in [6.45, 7) is 4.90. The van der Waals surface area contributed by atoms with Gasteiger partial charge in [0.1, 0.15) is 0 Å². The molecule has 0 bridgehead atoms. The highest BCUT2D eigenvalue weighted by atomic mass is 19.2. The topological polar surface area (TPSA) is 17.1 Å². The van der Waals surface area contributed by atoms with Gasteiger partial charge in [-0.25, -0.2) is 8.78 Å². The van der Waals surface area contributed by atoms with Gasteiger partial charge in [-0.2, -0.15) is 0 Å². The predicted octanol–water partition coefficient (Wildman–Crippen LogP) is 3.42. The molecule has 0 saturated heterocycles. The summed E-state index contributed by atoms with van der Waals surface area (Å²) in [6, 6.07) is 2.69. The van der Waals surface area contributed by atoms with E-state index in [1.807, 2.05) is 0 Å². The molecule has 1 aromatic rings. The van der Waals surface area contributed by atoms with Gasteiger partial charge in [-0.3, -0.25) is 4.79 Å². The lowest BCUT2D eigenvalue weighted by Gasteiger charge is -2.02. The molecule has 0 heterocycles. The first-order chi connectivity index (χ1) is 6.93. The van der Waals surface area contributed by atoms with Crippen LogP contribution in [0.1, 0.15) is 29.8 Å². The Bertz CT molecular complexity index is 429. The second kappa shape index (κ2) is 4.34. The first-order valence-electron chi connectivity index (χ1n) is 4.57. The van der Waals surface area contributed by atoms with Crippen LogP contribution < -0.4 is 0 Å². The highest BCUT2D eigenvalue weighted by Crippen LogP contribution is 2.16. The molecule has 0 spiro atoms. The van der Waals surface area contributed by atoms with Gasteiger partial charge in [0.2, 0.25) is 0 Å². The molecule has 15 heavy (non-hydrogen) atoms. The van der Waals surface area contributed by atoms with Crippen LogP contribution in [0.5, 0.6) is 0 Å². The molecule has 3 heteroatoms. The second-order valence-corrected chi connectivity index (χ2v) is 3.64. The van der Waals surface area contributed by atoms with E-state index in [-0.39, 0.29) is 11.1 Å². The summed E-state index contributed by atoms with van der Waals surface area (Å²) in [5.41, 5.74) is 0.723. The second-order valence-electron chi connectivity index (χ2n) is 3.64. The Morgan fingerprint density at radius 1 is 1.20 bits per heavy atom. The lowest BCUT2D eigenvalue weighted by atomic mass is 10.1. The van der Waals surface area contributed by atoms with Crippen molar-refractivity contribution >= 4 is 5.78 Å². The van der Waals surface area contributed by atoms with Crippen LogP contribution in [0.2, 0.25) is 0 Å². The number of carbonyl (C=O) groups is 1. The van der Waals surface area contributed by atoms with E-state index in [1.54, 1.807) is 13.8 Å². The van der Waals surface area contributed by atoms with Crippen LogP contribution in [-0.4, -0.2) is 5.78 Å². The molecule has 1 nitrogen and oxygen atoms in total. The van der Waals surface area contributed by atoms with Gasteiger partial charge in [0, 0.05) is 0 Å². The summed E-state index contributed by atoms with van der Waals surface area (Å²) in [5.74, 6) is -2.54. The summed E-state index contributed by atoms with van der Waals surface area (Å²) >= 11 is 0. The Kier molecular flexibility index (Phi) is 3.35. The van der Waals surface area contributed by atoms with E-state index in [4.69, 9.17) is 0 Å². The van der Waals surface area contributed by atoms with E-state index in [9.17, 15) is 13.6 Å². The summed E-state index contributed by atoms with van der Waals surface area (Å²) < 4.78 is 26.5. The SMILES string of the molecule is CC(C)=CC(=O)c1ccc(C)c(F)c1F. The number of rotatable bonds is 2. The summed E-state index contributed by atoms with van der Waals surface area (Å²) in [7, 11) is 0. The van der Waals surface area contributed by atoms with Crippen LogP contribution in [0.3, 0.4) is 0 Å². The molecular weight excluding hydrogens is 198 g/mol. The molecule has 80 valence electrons. The Morgan fingerprint density at radius 3 is 2.33 bits per heavy atom. The fourth-order valence-corrected chi connectivity index (χ4v) is 1.18. The highest BCUT2D eigenvalue weighted by Gasteiger charge is 2.15. The molecule has 0 fully saturated rings. The van der Waals surface area contributed by atoms with Gasteiger partial charge < -0.3 is 0 Å². The summed E-state index contributed by atoms with van der Waals surface area (Å²) in [6.07, 6.45) is 1.28. The fourth-order valence-electron chi connectivity index (χ4n) is 1.18. The summed E-state index contributed by atoms with van der Waals surface area (Å²) in [4.78, 5) is 11.5. The molecular formula is C12H12F2O. The molecule has 0 saturated carbocycles. The van der Waals surface area contributed by atoms with Gasteiger partial charge in [0.15, 0.2) is 17.4 Å². The van der Waals surface area contributed by atoms with Crippen molar-refractivity contribution in [2.45, 2.75) is 20.8 Å². The molecule has 1 aromatic carbocycles. The molecule has 0 amide bonds. The maximum absolute atomic E-state index is 13.3. The maximum Gasteiger partial charge on any atom is 0.188 e. The first kappa shape index (κ1) is 11.6. The first-order valence-corrected chi connectivity index (χ1v) is 4.57. The van der Waals surface area contributed by atoms with Crippen molar-refractivity contribution in [1.29, 1.82) is 0 Å². The third kappa shape index (κ3) is 2.49. The highest BCUT2D eigenvalue weighted by molar-refractivity contribution is 6.05. The van der Waals surface area contributed by atoms with Crippen molar-refractivity contribution < 1.29 is 13.6 Å². The van der Waals surface area contributed by atoms with E-state index in [2.05, 4.69) is 0 Å². The van der Waals surface area contributed by atoms with Crippen molar-refractivity contribution in [2.24, 2.45) is 0 Å². The van der Waals surface area contributed by atoms with Crippen LogP contribution in [0, 0.1) is 18.6 Å². The van der Waals surface area contributed by atoms with E-state index >= 15 is 0 Å². The molecule has 0 N–H and O–H groups in total. The number of carbonyl (C=O) groups excluding carboxylic acids is 1. The Morgan fingerprint density at radius 2 is 1.80 bits per heavy atom. The molecule has 0 aromatic heterocycles. The number of allylic oxidation sites excluding steroid dienone is 2. The number of benzene rings is 1. The van der Waals surface area contributed by atoms with Crippen molar-refractivity contribution in [3.05, 3.63) is 46.5 Å². The Balaban J connectivity index is 3.23. The quantitative estimate of drug-likeness (QED) is 0.540. The van der Waals surface area contributed by atoms with Gasteiger partial charge in [-0.15, -0.1) is 0 Å². The smallest absolute Gasteiger partial charge is 0.188 e. The molecule has 0 aliphatic carbocycles. The third-order valence-corrected chi connectivity index (χ3v) is 1.96. The average Bonchev–Trinajstić information content (AvgIpc) is 2.13. The number of aryl methyl sites for hydroxylation is 1. The fraction of sp³-hybridized carbons (Fsp3) is 0.250. The zero-order valence-electron chi connectivity index (χ0n) is 8.90. The molecule has 0 unspecified atom stereocenters. The van der Waals surface area contributed by atoms with Gasteiger partial charge in [-0.1, -0.05) is 11.6 Å².